The molecule has 0 saturated heterocycles. The van der Waals surface area contributed by atoms with Crippen molar-refractivity contribution in [3.63, 3.8) is 0 Å². The molecule has 2 rings (SSSR count). The van der Waals surface area contributed by atoms with Gasteiger partial charge in [0.1, 0.15) is 0 Å². The summed E-state index contributed by atoms with van der Waals surface area (Å²) in [6, 6.07) is 6.00. The molecule has 1 heterocycles. The monoisotopic (exact) mass is 234 g/mol. The van der Waals surface area contributed by atoms with Crippen LogP contribution in [0.4, 0.5) is 14.5 Å². The lowest BCUT2D eigenvalue weighted by molar-refractivity contribution is 0.500. The first kappa shape index (κ1) is 11.5. The van der Waals surface area contributed by atoms with Gasteiger partial charge in [0.2, 0.25) is 0 Å². The minimum Gasteiger partial charge on any atom is -0.379 e. The molecule has 1 aromatic carbocycles. The fraction of sp³-hybridized carbons (Fsp3) is 0.154. The van der Waals surface area contributed by atoms with Gasteiger partial charge in [-0.1, -0.05) is 12.1 Å². The van der Waals surface area contributed by atoms with E-state index in [1.807, 2.05) is 13.0 Å². The van der Waals surface area contributed by atoms with Crippen molar-refractivity contribution >= 4 is 5.69 Å². The molecule has 0 spiro atoms. The van der Waals surface area contributed by atoms with Crippen molar-refractivity contribution < 1.29 is 8.78 Å². The standard InChI is InChI=1S/C13H12F2N2/c1-9-5-6-16-8-12(9)17-7-10-3-2-4-11(14)13(10)15/h2-6,8,17H,7H2,1H3. The summed E-state index contributed by atoms with van der Waals surface area (Å²) < 4.78 is 26.3. The van der Waals surface area contributed by atoms with Crippen molar-refractivity contribution in [3.8, 4) is 0 Å². The third-order valence-corrected chi connectivity index (χ3v) is 2.54. The van der Waals surface area contributed by atoms with Gasteiger partial charge in [0.15, 0.2) is 11.6 Å². The Bertz CT molecular complexity index is 527. The largest absolute Gasteiger partial charge is 0.379 e. The molecule has 0 atom stereocenters. The average molecular weight is 234 g/mol. The molecule has 2 nitrogen and oxygen atoms in total. The third-order valence-electron chi connectivity index (χ3n) is 2.54. The number of anilines is 1. The molecule has 0 saturated carbocycles. The number of benzene rings is 1. The van der Waals surface area contributed by atoms with Gasteiger partial charge in [-0.2, -0.15) is 0 Å². The molecular weight excluding hydrogens is 222 g/mol. The highest BCUT2D eigenvalue weighted by Crippen LogP contribution is 2.16. The van der Waals surface area contributed by atoms with Crippen molar-refractivity contribution in [1.82, 2.24) is 4.98 Å². The molecule has 0 aliphatic heterocycles. The molecule has 0 unspecified atom stereocenters. The molecule has 1 aromatic heterocycles. The lowest BCUT2D eigenvalue weighted by Gasteiger charge is -2.09. The Morgan fingerprint density at radius 2 is 2.06 bits per heavy atom. The number of pyridine rings is 1. The molecule has 1 N–H and O–H groups in total. The Labute approximate surface area is 98.3 Å². The van der Waals surface area contributed by atoms with Crippen molar-refractivity contribution in [3.05, 3.63) is 59.4 Å². The van der Waals surface area contributed by atoms with Crippen molar-refractivity contribution in [1.29, 1.82) is 0 Å². The minimum absolute atomic E-state index is 0.232. The number of aryl methyl sites for hydroxylation is 1. The first-order valence-electron chi connectivity index (χ1n) is 5.26. The fourth-order valence-electron chi connectivity index (χ4n) is 1.52. The Hall–Kier alpha value is -1.97. The van der Waals surface area contributed by atoms with Gasteiger partial charge in [0, 0.05) is 18.3 Å². The Morgan fingerprint density at radius 3 is 2.82 bits per heavy atom. The molecule has 0 aliphatic rings. The Balaban J connectivity index is 2.13. The predicted octanol–water partition coefficient (Wildman–Crippen LogP) is 3.28. The van der Waals surface area contributed by atoms with Crippen LogP contribution in [0.15, 0.2) is 36.7 Å². The molecule has 0 amide bonds. The second-order valence-corrected chi connectivity index (χ2v) is 3.76. The van der Waals surface area contributed by atoms with E-state index in [0.29, 0.717) is 5.56 Å². The molecule has 4 heteroatoms. The van der Waals surface area contributed by atoms with Gasteiger partial charge in [0.25, 0.3) is 0 Å². The van der Waals surface area contributed by atoms with Crippen molar-refractivity contribution in [2.24, 2.45) is 0 Å². The van der Waals surface area contributed by atoms with Gasteiger partial charge in [-0.25, -0.2) is 8.78 Å². The van der Waals surface area contributed by atoms with Crippen LogP contribution in [0.1, 0.15) is 11.1 Å². The van der Waals surface area contributed by atoms with Gasteiger partial charge in [-0.05, 0) is 24.6 Å². The quantitative estimate of drug-likeness (QED) is 0.881. The first-order valence-corrected chi connectivity index (χ1v) is 5.26. The number of hydrogen-bond acceptors (Lipinski definition) is 2. The van der Waals surface area contributed by atoms with Crippen molar-refractivity contribution in [2.45, 2.75) is 13.5 Å². The van der Waals surface area contributed by atoms with Gasteiger partial charge in [-0.3, -0.25) is 4.98 Å². The number of halogens is 2. The number of hydrogen-bond donors (Lipinski definition) is 1. The molecule has 88 valence electrons. The second kappa shape index (κ2) is 4.91. The van der Waals surface area contributed by atoms with Crippen LogP contribution in [0.2, 0.25) is 0 Å². The molecule has 0 radical (unpaired) electrons. The van der Waals surface area contributed by atoms with Crippen LogP contribution in [0.5, 0.6) is 0 Å². The maximum Gasteiger partial charge on any atom is 0.163 e. The number of aromatic nitrogens is 1. The van der Waals surface area contributed by atoms with Gasteiger partial charge in [-0.15, -0.1) is 0 Å². The Morgan fingerprint density at radius 1 is 1.24 bits per heavy atom. The summed E-state index contributed by atoms with van der Waals surface area (Å²) in [7, 11) is 0. The zero-order valence-electron chi connectivity index (χ0n) is 9.37. The van der Waals surface area contributed by atoms with Gasteiger partial charge < -0.3 is 5.32 Å². The lowest BCUT2D eigenvalue weighted by Crippen LogP contribution is -2.04. The summed E-state index contributed by atoms with van der Waals surface area (Å²) in [5.74, 6) is -1.63. The van der Waals surface area contributed by atoms with Crippen LogP contribution >= 0.6 is 0 Å². The summed E-state index contributed by atoms with van der Waals surface area (Å²) in [5.41, 5.74) is 2.13. The van der Waals surface area contributed by atoms with Gasteiger partial charge in [0.05, 0.1) is 11.9 Å². The molecule has 2 aromatic rings. The Kier molecular flexibility index (Phi) is 3.32. The molecule has 0 bridgehead atoms. The summed E-state index contributed by atoms with van der Waals surface area (Å²) >= 11 is 0. The maximum atomic E-state index is 13.4. The molecule has 0 aliphatic carbocycles. The van der Waals surface area contributed by atoms with Crippen molar-refractivity contribution in [2.75, 3.05) is 5.32 Å². The van der Waals surface area contributed by atoms with E-state index in [0.717, 1.165) is 17.3 Å². The van der Waals surface area contributed by atoms with Crippen LogP contribution in [0.3, 0.4) is 0 Å². The van der Waals surface area contributed by atoms with Crippen LogP contribution in [-0.4, -0.2) is 4.98 Å². The number of nitrogens with one attached hydrogen (secondary N) is 1. The maximum absolute atomic E-state index is 13.4. The van der Waals surface area contributed by atoms with E-state index in [9.17, 15) is 8.78 Å². The summed E-state index contributed by atoms with van der Waals surface area (Å²) in [4.78, 5) is 3.97. The average Bonchev–Trinajstić information content (AvgIpc) is 2.33. The van der Waals surface area contributed by atoms with E-state index < -0.39 is 11.6 Å². The van der Waals surface area contributed by atoms with E-state index >= 15 is 0 Å². The van der Waals surface area contributed by atoms with E-state index in [1.165, 1.54) is 6.07 Å². The van der Waals surface area contributed by atoms with Gasteiger partial charge >= 0.3 is 0 Å². The van der Waals surface area contributed by atoms with E-state index in [2.05, 4.69) is 10.3 Å². The highest BCUT2D eigenvalue weighted by Gasteiger charge is 2.07. The van der Waals surface area contributed by atoms with Crippen LogP contribution in [-0.2, 0) is 6.54 Å². The van der Waals surface area contributed by atoms with Crippen LogP contribution < -0.4 is 5.32 Å². The zero-order chi connectivity index (χ0) is 12.3. The highest BCUT2D eigenvalue weighted by molar-refractivity contribution is 5.48. The SMILES string of the molecule is Cc1ccncc1NCc1cccc(F)c1F. The smallest absolute Gasteiger partial charge is 0.163 e. The number of rotatable bonds is 3. The minimum atomic E-state index is -0.827. The first-order chi connectivity index (χ1) is 8.18. The van der Waals surface area contributed by atoms with E-state index in [4.69, 9.17) is 0 Å². The normalized spacial score (nSPS) is 10.3. The second-order valence-electron chi connectivity index (χ2n) is 3.76. The molecule has 17 heavy (non-hydrogen) atoms. The third kappa shape index (κ3) is 2.58. The zero-order valence-corrected chi connectivity index (χ0v) is 9.37. The van der Waals surface area contributed by atoms with Crippen LogP contribution in [0, 0.1) is 18.6 Å². The summed E-state index contributed by atoms with van der Waals surface area (Å²) in [6.07, 6.45) is 3.34. The highest BCUT2D eigenvalue weighted by atomic mass is 19.2. The molecule has 0 fully saturated rings. The summed E-state index contributed by atoms with van der Waals surface area (Å²) in [6.45, 7) is 2.15. The van der Waals surface area contributed by atoms with E-state index in [-0.39, 0.29) is 6.54 Å². The number of nitrogens with zero attached hydrogens (tertiary/aromatic N) is 1. The van der Waals surface area contributed by atoms with Crippen LogP contribution in [0.25, 0.3) is 0 Å². The van der Waals surface area contributed by atoms with E-state index in [1.54, 1.807) is 18.5 Å². The topological polar surface area (TPSA) is 24.9 Å². The molecular formula is C13H12F2N2. The predicted molar refractivity (Wildman–Crippen MR) is 62.7 cm³/mol. The lowest BCUT2D eigenvalue weighted by atomic mass is 10.2. The fourth-order valence-corrected chi connectivity index (χ4v) is 1.52. The summed E-state index contributed by atoms with van der Waals surface area (Å²) in [5, 5.41) is 3.03.